The highest BCUT2D eigenvalue weighted by molar-refractivity contribution is 5.87. The number of pyridine rings is 1. The van der Waals surface area contributed by atoms with Crippen LogP contribution in [0.15, 0.2) is 48.7 Å². The monoisotopic (exact) mass is 344 g/mol. The molecule has 0 aliphatic rings. The Labute approximate surface area is 145 Å². The lowest BCUT2D eigenvalue weighted by molar-refractivity contribution is -0.146. The Morgan fingerprint density at radius 2 is 1.88 bits per heavy atom. The molecule has 0 unspecified atom stereocenters. The number of aliphatic hydroxyl groups excluding tert-OH is 1. The molecule has 0 radical (unpaired) electrons. The molecule has 0 saturated heterocycles. The molecule has 2 rings (SSSR count). The van der Waals surface area contributed by atoms with Crippen LogP contribution in [-0.4, -0.2) is 42.2 Å². The molecule has 7 nitrogen and oxygen atoms in total. The number of ether oxygens (including phenoxy) is 2. The minimum Gasteiger partial charge on any atom is -0.481 e. The second-order valence-electron chi connectivity index (χ2n) is 5.31. The first-order valence-corrected chi connectivity index (χ1v) is 7.65. The smallest absolute Gasteiger partial charge is 0.328 e. The van der Waals surface area contributed by atoms with Crippen molar-refractivity contribution < 1.29 is 24.2 Å². The predicted molar refractivity (Wildman–Crippen MR) is 89.8 cm³/mol. The number of nitrogens with zero attached hydrogens (tertiary/aromatic N) is 1. The van der Waals surface area contributed by atoms with Crippen LogP contribution >= 0.6 is 0 Å². The van der Waals surface area contributed by atoms with Crippen molar-refractivity contribution in [3.05, 3.63) is 59.8 Å². The number of aliphatic hydroxyl groups is 1. The molecule has 2 aromatic rings. The van der Waals surface area contributed by atoms with Gasteiger partial charge in [0.2, 0.25) is 5.88 Å². The molecule has 0 aliphatic carbocycles. The van der Waals surface area contributed by atoms with Crippen LogP contribution < -0.4 is 10.1 Å². The normalized spacial score (nSPS) is 12.8. The number of carbonyl (C=O) groups is 2. The standard InChI is InChI=1S/C18H20N2O5/c1-24-15-9-8-12(11-19-15)10-14(18(23)25-2)20-17(22)16(21)13-6-4-3-5-7-13/h3-9,11,14,16,21H,10H2,1-2H3,(H,20,22)/t14-,16+/m1/s1. The zero-order valence-electron chi connectivity index (χ0n) is 14.0. The van der Waals surface area contributed by atoms with Crippen LogP contribution in [0.5, 0.6) is 5.88 Å². The van der Waals surface area contributed by atoms with Crippen molar-refractivity contribution in [2.45, 2.75) is 18.6 Å². The van der Waals surface area contributed by atoms with Crippen LogP contribution in [0.4, 0.5) is 0 Å². The fourth-order valence-corrected chi connectivity index (χ4v) is 2.26. The highest BCUT2D eigenvalue weighted by atomic mass is 16.5. The summed E-state index contributed by atoms with van der Waals surface area (Å²) in [5.41, 5.74) is 1.15. The van der Waals surface area contributed by atoms with Crippen LogP contribution in [0.25, 0.3) is 0 Å². The second-order valence-corrected chi connectivity index (χ2v) is 5.31. The van der Waals surface area contributed by atoms with Gasteiger partial charge in [0, 0.05) is 18.7 Å². The third-order valence-electron chi connectivity index (χ3n) is 3.61. The van der Waals surface area contributed by atoms with E-state index in [-0.39, 0.29) is 6.42 Å². The Balaban J connectivity index is 2.08. The molecule has 0 spiro atoms. The summed E-state index contributed by atoms with van der Waals surface area (Å²) in [7, 11) is 2.74. The summed E-state index contributed by atoms with van der Waals surface area (Å²) in [4.78, 5) is 28.3. The van der Waals surface area contributed by atoms with E-state index in [1.807, 2.05) is 0 Å². The highest BCUT2D eigenvalue weighted by Gasteiger charge is 2.26. The topological polar surface area (TPSA) is 97.8 Å². The molecule has 25 heavy (non-hydrogen) atoms. The molecule has 2 N–H and O–H groups in total. The minimum atomic E-state index is -1.37. The fourth-order valence-electron chi connectivity index (χ4n) is 2.26. The number of nitrogens with one attached hydrogen (secondary N) is 1. The molecule has 7 heteroatoms. The van der Waals surface area contributed by atoms with E-state index in [1.165, 1.54) is 14.2 Å². The zero-order chi connectivity index (χ0) is 18.2. The second kappa shape index (κ2) is 8.79. The molecule has 0 aliphatic heterocycles. The number of amides is 1. The van der Waals surface area contributed by atoms with Gasteiger partial charge in [-0.1, -0.05) is 36.4 Å². The maximum Gasteiger partial charge on any atom is 0.328 e. The average Bonchev–Trinajstić information content (AvgIpc) is 2.67. The number of esters is 1. The van der Waals surface area contributed by atoms with E-state index in [0.717, 1.165) is 0 Å². The summed E-state index contributed by atoms with van der Waals surface area (Å²) in [6, 6.07) is 10.9. The first-order chi connectivity index (χ1) is 12.0. The summed E-state index contributed by atoms with van der Waals surface area (Å²) >= 11 is 0. The Bertz CT molecular complexity index is 703. The first-order valence-electron chi connectivity index (χ1n) is 7.65. The van der Waals surface area contributed by atoms with Crippen molar-refractivity contribution in [3.63, 3.8) is 0 Å². The van der Waals surface area contributed by atoms with Crippen LogP contribution in [0.2, 0.25) is 0 Å². The molecule has 0 fully saturated rings. The molecular formula is C18H20N2O5. The van der Waals surface area contributed by atoms with Gasteiger partial charge in [-0.2, -0.15) is 0 Å². The number of benzene rings is 1. The molecule has 1 aromatic heterocycles. The van der Waals surface area contributed by atoms with Gasteiger partial charge in [0.05, 0.1) is 14.2 Å². The molecule has 132 valence electrons. The van der Waals surface area contributed by atoms with E-state index >= 15 is 0 Å². The van der Waals surface area contributed by atoms with E-state index < -0.39 is 24.0 Å². The minimum absolute atomic E-state index is 0.177. The number of hydrogen-bond acceptors (Lipinski definition) is 6. The lowest BCUT2D eigenvalue weighted by atomic mass is 10.1. The predicted octanol–water partition coefficient (Wildman–Crippen LogP) is 1.02. The van der Waals surface area contributed by atoms with Gasteiger partial charge in [-0.05, 0) is 11.1 Å². The highest BCUT2D eigenvalue weighted by Crippen LogP contribution is 2.14. The Kier molecular flexibility index (Phi) is 6.47. The first kappa shape index (κ1) is 18.4. The van der Waals surface area contributed by atoms with Crippen molar-refractivity contribution >= 4 is 11.9 Å². The summed E-state index contributed by atoms with van der Waals surface area (Å²) in [6.07, 6.45) is 0.355. The molecule has 2 atom stereocenters. The van der Waals surface area contributed by atoms with Gasteiger partial charge in [-0.15, -0.1) is 0 Å². The summed E-state index contributed by atoms with van der Waals surface area (Å²) < 4.78 is 9.72. The van der Waals surface area contributed by atoms with Crippen molar-refractivity contribution in [2.75, 3.05) is 14.2 Å². The van der Waals surface area contributed by atoms with Gasteiger partial charge in [0.1, 0.15) is 6.04 Å². The molecule has 0 bridgehead atoms. The summed E-state index contributed by atoms with van der Waals surface area (Å²) in [5.74, 6) is -0.839. The molecule has 1 amide bonds. The number of hydrogen-bond donors (Lipinski definition) is 2. The van der Waals surface area contributed by atoms with E-state index in [2.05, 4.69) is 10.3 Å². The molecule has 1 aromatic carbocycles. The van der Waals surface area contributed by atoms with Crippen LogP contribution in [0.3, 0.4) is 0 Å². The van der Waals surface area contributed by atoms with Gasteiger partial charge in [0.25, 0.3) is 5.91 Å². The van der Waals surface area contributed by atoms with Gasteiger partial charge in [-0.25, -0.2) is 9.78 Å². The van der Waals surface area contributed by atoms with Crippen molar-refractivity contribution in [3.8, 4) is 5.88 Å². The average molecular weight is 344 g/mol. The van der Waals surface area contributed by atoms with Gasteiger partial charge >= 0.3 is 5.97 Å². The third kappa shape index (κ3) is 5.02. The van der Waals surface area contributed by atoms with Gasteiger partial charge < -0.3 is 19.9 Å². The Morgan fingerprint density at radius 3 is 2.44 bits per heavy atom. The largest absolute Gasteiger partial charge is 0.481 e. The van der Waals surface area contributed by atoms with Crippen molar-refractivity contribution in [1.82, 2.24) is 10.3 Å². The maximum atomic E-state index is 12.3. The Morgan fingerprint density at radius 1 is 1.16 bits per heavy atom. The van der Waals surface area contributed by atoms with E-state index in [4.69, 9.17) is 9.47 Å². The number of aromatic nitrogens is 1. The van der Waals surface area contributed by atoms with Crippen LogP contribution in [-0.2, 0) is 20.7 Å². The van der Waals surface area contributed by atoms with Crippen molar-refractivity contribution in [2.24, 2.45) is 0 Å². The fraction of sp³-hybridized carbons (Fsp3) is 0.278. The number of carbonyl (C=O) groups excluding carboxylic acids is 2. The van der Waals surface area contributed by atoms with E-state index in [1.54, 1.807) is 48.7 Å². The Hall–Kier alpha value is -2.93. The lowest BCUT2D eigenvalue weighted by Gasteiger charge is -2.19. The van der Waals surface area contributed by atoms with Crippen LogP contribution in [0, 0.1) is 0 Å². The number of rotatable bonds is 7. The van der Waals surface area contributed by atoms with Crippen LogP contribution in [0.1, 0.15) is 17.2 Å². The summed E-state index contributed by atoms with van der Waals surface area (Å²) in [5, 5.41) is 12.7. The van der Waals surface area contributed by atoms with E-state index in [0.29, 0.717) is 17.0 Å². The number of methoxy groups -OCH3 is 2. The lowest BCUT2D eigenvalue weighted by Crippen LogP contribution is -2.45. The van der Waals surface area contributed by atoms with Gasteiger partial charge in [0.15, 0.2) is 6.10 Å². The maximum absolute atomic E-state index is 12.3. The molecule has 1 heterocycles. The zero-order valence-corrected chi connectivity index (χ0v) is 14.0. The quantitative estimate of drug-likeness (QED) is 0.728. The third-order valence-corrected chi connectivity index (χ3v) is 3.61. The van der Waals surface area contributed by atoms with E-state index in [9.17, 15) is 14.7 Å². The SMILES string of the molecule is COC(=O)[C@@H](Cc1ccc(OC)nc1)NC(=O)[C@@H](O)c1ccccc1. The molecule has 0 saturated carbocycles. The summed E-state index contributed by atoms with van der Waals surface area (Å²) in [6.45, 7) is 0. The van der Waals surface area contributed by atoms with Crippen molar-refractivity contribution in [1.29, 1.82) is 0 Å². The molecular weight excluding hydrogens is 324 g/mol. The van der Waals surface area contributed by atoms with Gasteiger partial charge in [-0.3, -0.25) is 4.79 Å².